The van der Waals surface area contributed by atoms with E-state index in [9.17, 15) is 9.59 Å². The van der Waals surface area contributed by atoms with Gasteiger partial charge in [-0.15, -0.1) is 0 Å². The van der Waals surface area contributed by atoms with Crippen LogP contribution in [-0.4, -0.2) is 57.8 Å². The van der Waals surface area contributed by atoms with E-state index in [1.807, 2.05) is 0 Å². The van der Waals surface area contributed by atoms with Crippen molar-refractivity contribution >= 4 is 11.9 Å². The lowest BCUT2D eigenvalue weighted by atomic mass is 10.0. The summed E-state index contributed by atoms with van der Waals surface area (Å²) < 4.78 is 20.8. The molecule has 1 saturated heterocycles. The van der Waals surface area contributed by atoms with E-state index in [1.165, 1.54) is 33.5 Å². The average molecular weight is 351 g/mol. The summed E-state index contributed by atoms with van der Waals surface area (Å²) in [5.41, 5.74) is 0.231. The summed E-state index contributed by atoms with van der Waals surface area (Å²) in [5, 5.41) is 0. The number of esters is 1. The highest BCUT2D eigenvalue weighted by atomic mass is 16.5. The number of hydrogen-bond acceptors (Lipinski definition) is 6. The van der Waals surface area contributed by atoms with Crippen molar-refractivity contribution in [3.63, 3.8) is 0 Å². The molecule has 7 nitrogen and oxygen atoms in total. The number of carbonyl (C=O) groups excluding carboxylic acids is 2. The summed E-state index contributed by atoms with van der Waals surface area (Å²) in [6.07, 6.45) is 2.10. The van der Waals surface area contributed by atoms with Gasteiger partial charge in [-0.3, -0.25) is 4.79 Å². The van der Waals surface area contributed by atoms with Crippen LogP contribution in [0.5, 0.6) is 17.2 Å². The molecule has 0 aliphatic carbocycles. The number of ether oxygens (including phenoxy) is 4. The first-order valence-corrected chi connectivity index (χ1v) is 8.25. The largest absolute Gasteiger partial charge is 0.493 e. The SMILES string of the molecule is COc1cc(C(=O)OCC(=O)N2CCCC(C)C2)cc(OC)c1OC. The van der Waals surface area contributed by atoms with Crippen LogP contribution in [0.4, 0.5) is 0 Å². The van der Waals surface area contributed by atoms with Crippen molar-refractivity contribution in [3.05, 3.63) is 17.7 Å². The molecule has 0 radical (unpaired) electrons. The molecule has 2 rings (SSSR count). The van der Waals surface area contributed by atoms with E-state index < -0.39 is 5.97 Å². The number of piperidine rings is 1. The summed E-state index contributed by atoms with van der Waals surface area (Å²) in [5.74, 6) is 0.781. The number of benzene rings is 1. The molecule has 1 unspecified atom stereocenters. The molecule has 0 saturated carbocycles. The molecule has 1 aliphatic rings. The maximum absolute atomic E-state index is 12.3. The number of amides is 1. The van der Waals surface area contributed by atoms with Gasteiger partial charge in [-0.05, 0) is 30.9 Å². The zero-order chi connectivity index (χ0) is 18.4. The lowest BCUT2D eigenvalue weighted by Crippen LogP contribution is -2.41. The number of hydrogen-bond donors (Lipinski definition) is 0. The Morgan fingerprint density at radius 2 is 1.76 bits per heavy atom. The van der Waals surface area contributed by atoms with Crippen molar-refractivity contribution in [3.8, 4) is 17.2 Å². The molecule has 1 heterocycles. The fourth-order valence-electron chi connectivity index (χ4n) is 2.92. The third-order valence-electron chi connectivity index (χ3n) is 4.24. The van der Waals surface area contributed by atoms with Gasteiger partial charge in [-0.25, -0.2) is 4.79 Å². The first-order chi connectivity index (χ1) is 12.0. The first-order valence-electron chi connectivity index (χ1n) is 8.25. The van der Waals surface area contributed by atoms with Gasteiger partial charge >= 0.3 is 5.97 Å². The van der Waals surface area contributed by atoms with Gasteiger partial charge in [-0.1, -0.05) is 6.92 Å². The van der Waals surface area contributed by atoms with E-state index >= 15 is 0 Å². The molecule has 7 heteroatoms. The van der Waals surface area contributed by atoms with Crippen LogP contribution in [0, 0.1) is 5.92 Å². The fourth-order valence-corrected chi connectivity index (χ4v) is 2.92. The minimum atomic E-state index is -0.613. The monoisotopic (exact) mass is 351 g/mol. The van der Waals surface area contributed by atoms with Crippen molar-refractivity contribution in [2.45, 2.75) is 19.8 Å². The zero-order valence-corrected chi connectivity index (χ0v) is 15.2. The molecule has 1 atom stereocenters. The van der Waals surface area contributed by atoms with E-state index in [-0.39, 0.29) is 18.1 Å². The Kier molecular flexibility index (Phi) is 6.50. The molecule has 138 valence electrons. The molecule has 0 N–H and O–H groups in total. The van der Waals surface area contributed by atoms with E-state index in [4.69, 9.17) is 18.9 Å². The number of carbonyl (C=O) groups is 2. The van der Waals surface area contributed by atoms with E-state index in [0.29, 0.717) is 36.3 Å². The predicted molar refractivity (Wildman–Crippen MR) is 91.4 cm³/mol. The smallest absolute Gasteiger partial charge is 0.338 e. The molecular formula is C18H25NO6. The van der Waals surface area contributed by atoms with Crippen molar-refractivity contribution < 1.29 is 28.5 Å². The Balaban J connectivity index is 2.04. The summed E-state index contributed by atoms with van der Waals surface area (Å²) in [7, 11) is 4.41. The summed E-state index contributed by atoms with van der Waals surface area (Å²) in [4.78, 5) is 26.2. The average Bonchev–Trinajstić information content (AvgIpc) is 2.64. The topological polar surface area (TPSA) is 74.3 Å². The molecule has 0 spiro atoms. The van der Waals surface area contributed by atoms with Crippen LogP contribution in [0.3, 0.4) is 0 Å². The summed E-state index contributed by atoms with van der Waals surface area (Å²) >= 11 is 0. The minimum Gasteiger partial charge on any atom is -0.493 e. The quantitative estimate of drug-likeness (QED) is 0.731. The maximum atomic E-state index is 12.3. The predicted octanol–water partition coefficient (Wildman–Crippen LogP) is 2.13. The Bertz CT molecular complexity index is 605. The zero-order valence-electron chi connectivity index (χ0n) is 15.2. The second-order valence-electron chi connectivity index (χ2n) is 6.08. The Hall–Kier alpha value is -2.44. The van der Waals surface area contributed by atoms with Crippen molar-refractivity contribution in [1.82, 2.24) is 4.90 Å². The Morgan fingerprint density at radius 3 is 2.28 bits per heavy atom. The maximum Gasteiger partial charge on any atom is 0.338 e. The van der Waals surface area contributed by atoms with Gasteiger partial charge in [-0.2, -0.15) is 0 Å². The van der Waals surface area contributed by atoms with E-state index in [1.54, 1.807) is 4.90 Å². The number of nitrogens with zero attached hydrogens (tertiary/aromatic N) is 1. The number of methoxy groups -OCH3 is 3. The third-order valence-corrected chi connectivity index (χ3v) is 4.24. The van der Waals surface area contributed by atoms with Crippen LogP contribution in [0.1, 0.15) is 30.1 Å². The minimum absolute atomic E-state index is 0.174. The summed E-state index contributed by atoms with van der Waals surface area (Å²) in [6, 6.07) is 2.99. The highest BCUT2D eigenvalue weighted by Crippen LogP contribution is 2.38. The van der Waals surface area contributed by atoms with E-state index in [2.05, 4.69) is 6.92 Å². The molecule has 1 amide bonds. The molecular weight excluding hydrogens is 326 g/mol. The molecule has 1 aromatic carbocycles. The molecule has 0 aromatic heterocycles. The third kappa shape index (κ3) is 4.55. The summed E-state index contributed by atoms with van der Waals surface area (Å²) in [6.45, 7) is 3.26. The lowest BCUT2D eigenvalue weighted by molar-refractivity contribution is -0.136. The second kappa shape index (κ2) is 8.60. The Labute approximate surface area is 147 Å². The standard InChI is InChI=1S/C18H25NO6/c1-12-6-5-7-19(10-12)16(20)11-25-18(21)13-8-14(22-2)17(24-4)15(9-13)23-3/h8-9,12H,5-7,10-11H2,1-4H3. The van der Waals surface area contributed by atoms with Crippen molar-refractivity contribution in [2.24, 2.45) is 5.92 Å². The van der Waals surface area contributed by atoms with Crippen LogP contribution in [0.25, 0.3) is 0 Å². The Morgan fingerprint density at radius 1 is 1.12 bits per heavy atom. The molecule has 1 aromatic rings. The molecule has 0 bridgehead atoms. The highest BCUT2D eigenvalue weighted by molar-refractivity contribution is 5.92. The van der Waals surface area contributed by atoms with Gasteiger partial charge in [0.15, 0.2) is 18.1 Å². The van der Waals surface area contributed by atoms with Crippen LogP contribution >= 0.6 is 0 Å². The van der Waals surface area contributed by atoms with Crippen LogP contribution in [0.2, 0.25) is 0 Å². The highest BCUT2D eigenvalue weighted by Gasteiger charge is 2.23. The van der Waals surface area contributed by atoms with Gasteiger partial charge < -0.3 is 23.8 Å². The first kappa shape index (κ1) is 18.9. The fraction of sp³-hybridized carbons (Fsp3) is 0.556. The number of likely N-dealkylation sites (tertiary alicyclic amines) is 1. The molecule has 25 heavy (non-hydrogen) atoms. The molecule has 1 fully saturated rings. The van der Waals surface area contributed by atoms with Gasteiger partial charge in [0.1, 0.15) is 0 Å². The van der Waals surface area contributed by atoms with Crippen LogP contribution < -0.4 is 14.2 Å². The second-order valence-corrected chi connectivity index (χ2v) is 6.08. The lowest BCUT2D eigenvalue weighted by Gasteiger charge is -2.30. The van der Waals surface area contributed by atoms with Crippen molar-refractivity contribution in [1.29, 1.82) is 0 Å². The van der Waals surface area contributed by atoms with Crippen molar-refractivity contribution in [2.75, 3.05) is 41.0 Å². The van der Waals surface area contributed by atoms with Gasteiger partial charge in [0.05, 0.1) is 26.9 Å². The van der Waals surface area contributed by atoms with Gasteiger partial charge in [0, 0.05) is 13.1 Å². The van der Waals surface area contributed by atoms with Crippen LogP contribution in [-0.2, 0) is 9.53 Å². The van der Waals surface area contributed by atoms with E-state index in [0.717, 1.165) is 12.8 Å². The van der Waals surface area contributed by atoms with Gasteiger partial charge in [0.2, 0.25) is 5.75 Å². The van der Waals surface area contributed by atoms with Gasteiger partial charge in [0.25, 0.3) is 5.91 Å². The number of rotatable bonds is 6. The van der Waals surface area contributed by atoms with Crippen LogP contribution in [0.15, 0.2) is 12.1 Å². The molecule has 1 aliphatic heterocycles. The normalized spacial score (nSPS) is 17.0.